The third-order valence-corrected chi connectivity index (χ3v) is 24.5. The van der Waals surface area contributed by atoms with Gasteiger partial charge in [0.1, 0.15) is 8.07 Å². The second-order valence-electron chi connectivity index (χ2n) is 5.14. The Bertz CT molecular complexity index is 561. The SMILES string of the molecule is CC[Si](C)(CC)C(S(C)(=O)=O)(S(C)(=O)=O)S(C)(=O)=O. The van der Waals surface area contributed by atoms with E-state index in [1.54, 1.807) is 13.8 Å². The topological polar surface area (TPSA) is 102 Å². The Morgan fingerprint density at radius 2 is 0.947 bits per heavy atom. The van der Waals surface area contributed by atoms with Crippen LogP contribution < -0.4 is 0 Å². The Balaban J connectivity index is 7.24. The van der Waals surface area contributed by atoms with Gasteiger partial charge in [-0.1, -0.05) is 32.5 Å². The lowest BCUT2D eigenvalue weighted by atomic mass is 10.9. The summed E-state index contributed by atoms with van der Waals surface area (Å²) < 4.78 is 70.4. The summed E-state index contributed by atoms with van der Waals surface area (Å²) in [6, 6.07) is 0.493. The molecule has 0 aliphatic rings. The number of sulfone groups is 3. The van der Waals surface area contributed by atoms with E-state index in [4.69, 9.17) is 0 Å². The van der Waals surface area contributed by atoms with Gasteiger partial charge in [0.05, 0.1) is 0 Å². The number of rotatable bonds is 6. The van der Waals surface area contributed by atoms with Crippen LogP contribution in [0.4, 0.5) is 0 Å². The molecule has 0 saturated carbocycles. The van der Waals surface area contributed by atoms with Gasteiger partial charge in [-0.25, -0.2) is 25.3 Å². The van der Waals surface area contributed by atoms with Gasteiger partial charge >= 0.3 is 0 Å². The molecule has 0 aromatic carbocycles. The van der Waals surface area contributed by atoms with Crippen LogP contribution >= 0.6 is 0 Å². The lowest BCUT2D eigenvalue weighted by molar-refractivity contribution is 0.572. The van der Waals surface area contributed by atoms with Crippen LogP contribution in [0.2, 0.25) is 18.6 Å². The third-order valence-electron chi connectivity index (χ3n) is 3.76. The molecule has 0 fully saturated rings. The van der Waals surface area contributed by atoms with E-state index in [0.29, 0.717) is 18.8 Å². The smallest absolute Gasteiger partial charge is 0.227 e. The standard InChI is InChI=1S/C9H22O6S3Si/c1-7-19(6,8-2)9(16(3,10)11,17(4,12)13)18(5,14)15/h7-8H2,1-6H3. The highest BCUT2D eigenvalue weighted by Crippen LogP contribution is 2.43. The van der Waals surface area contributed by atoms with Gasteiger partial charge < -0.3 is 0 Å². The molecule has 0 rings (SSSR count). The van der Waals surface area contributed by atoms with Gasteiger partial charge in [-0.15, -0.1) is 0 Å². The molecule has 0 saturated heterocycles. The lowest BCUT2D eigenvalue weighted by Crippen LogP contribution is -2.68. The Morgan fingerprint density at radius 3 is 1.00 bits per heavy atom. The molecule has 0 aromatic rings. The fourth-order valence-corrected chi connectivity index (χ4v) is 24.2. The fraction of sp³-hybridized carbons (Fsp3) is 1.00. The van der Waals surface area contributed by atoms with E-state index in [0.717, 1.165) is 0 Å². The minimum atomic E-state index is -4.34. The molecule has 0 atom stereocenters. The van der Waals surface area contributed by atoms with Crippen molar-refractivity contribution in [3.63, 3.8) is 0 Å². The molecule has 0 radical (unpaired) electrons. The van der Waals surface area contributed by atoms with Crippen molar-refractivity contribution in [2.75, 3.05) is 18.8 Å². The maximum atomic E-state index is 12.2. The van der Waals surface area contributed by atoms with Crippen LogP contribution in [0.25, 0.3) is 0 Å². The van der Waals surface area contributed by atoms with E-state index in [1.165, 1.54) is 6.55 Å². The Labute approximate surface area is 117 Å². The molecular formula is C9H22O6S3Si. The highest BCUT2D eigenvalue weighted by Gasteiger charge is 2.69. The molecule has 116 valence electrons. The van der Waals surface area contributed by atoms with Gasteiger partial charge in [-0.3, -0.25) is 0 Å². The first kappa shape index (κ1) is 19.1. The number of hydrogen-bond acceptors (Lipinski definition) is 6. The predicted octanol–water partition coefficient (Wildman–Crippen LogP) is 0.432. The molecule has 19 heavy (non-hydrogen) atoms. The summed E-state index contributed by atoms with van der Waals surface area (Å²) in [6.07, 6.45) is 2.10. The van der Waals surface area contributed by atoms with Gasteiger partial charge in [-0.05, 0) is 0 Å². The van der Waals surface area contributed by atoms with E-state index >= 15 is 0 Å². The van der Waals surface area contributed by atoms with Crippen LogP contribution in [0.3, 0.4) is 0 Å². The molecule has 0 N–H and O–H groups in total. The molecule has 0 heterocycles. The van der Waals surface area contributed by atoms with E-state index in [2.05, 4.69) is 0 Å². The Kier molecular flexibility index (Phi) is 5.14. The van der Waals surface area contributed by atoms with Gasteiger partial charge in [0, 0.05) is 18.8 Å². The monoisotopic (exact) mass is 350 g/mol. The molecule has 0 spiro atoms. The summed E-state index contributed by atoms with van der Waals surface area (Å²) in [7, 11) is -16.2. The van der Waals surface area contributed by atoms with Crippen molar-refractivity contribution in [1.82, 2.24) is 0 Å². The number of hydrogen-bond donors (Lipinski definition) is 0. The van der Waals surface area contributed by atoms with Gasteiger partial charge in [0.2, 0.25) is 0 Å². The van der Waals surface area contributed by atoms with Crippen LogP contribution in [0.15, 0.2) is 0 Å². The summed E-state index contributed by atoms with van der Waals surface area (Å²) in [5.74, 6) is 0. The van der Waals surface area contributed by atoms with E-state index in [1.807, 2.05) is 0 Å². The fourth-order valence-electron chi connectivity index (χ4n) is 2.85. The van der Waals surface area contributed by atoms with E-state index in [9.17, 15) is 25.3 Å². The molecule has 0 bridgehead atoms. The summed E-state index contributed by atoms with van der Waals surface area (Å²) in [4.78, 5) is 0. The van der Waals surface area contributed by atoms with Crippen LogP contribution in [0.1, 0.15) is 13.8 Å². The zero-order valence-corrected chi connectivity index (χ0v) is 15.5. The van der Waals surface area contributed by atoms with Gasteiger partial charge in [0.15, 0.2) is 29.5 Å². The second kappa shape index (κ2) is 5.12. The van der Waals surface area contributed by atoms with Crippen molar-refractivity contribution < 1.29 is 25.3 Å². The predicted molar refractivity (Wildman–Crippen MR) is 79.8 cm³/mol. The Morgan fingerprint density at radius 1 is 0.737 bits per heavy atom. The molecule has 0 aliphatic carbocycles. The first-order valence-electron chi connectivity index (χ1n) is 5.71. The van der Waals surface area contributed by atoms with Gasteiger partial charge in [-0.2, -0.15) is 0 Å². The minimum absolute atomic E-state index is 0.247. The molecular weight excluding hydrogens is 328 g/mol. The maximum Gasteiger partial charge on any atom is 0.256 e. The van der Waals surface area contributed by atoms with Crippen molar-refractivity contribution in [3.8, 4) is 0 Å². The molecule has 0 aliphatic heterocycles. The Hall–Kier alpha value is 0.0669. The van der Waals surface area contributed by atoms with Crippen molar-refractivity contribution in [3.05, 3.63) is 0 Å². The van der Waals surface area contributed by atoms with Crippen molar-refractivity contribution in [2.45, 2.75) is 35.5 Å². The quantitative estimate of drug-likeness (QED) is 0.644. The lowest BCUT2D eigenvalue weighted by Gasteiger charge is -2.41. The first-order chi connectivity index (χ1) is 8.12. The van der Waals surface area contributed by atoms with Crippen LogP contribution in [0, 0.1) is 0 Å². The summed E-state index contributed by atoms with van der Waals surface area (Å²) >= 11 is 0. The van der Waals surface area contributed by atoms with Crippen LogP contribution in [-0.4, -0.2) is 55.1 Å². The van der Waals surface area contributed by atoms with Crippen molar-refractivity contribution >= 4 is 37.6 Å². The van der Waals surface area contributed by atoms with Crippen LogP contribution in [-0.2, 0) is 29.5 Å². The van der Waals surface area contributed by atoms with E-state index < -0.39 is 40.6 Å². The summed E-state index contributed by atoms with van der Waals surface area (Å²) in [5.41, 5.74) is 0. The average Bonchev–Trinajstić information content (AvgIpc) is 2.10. The first-order valence-corrected chi connectivity index (χ1v) is 14.3. The summed E-state index contributed by atoms with van der Waals surface area (Å²) in [6.45, 7) is 4.81. The minimum Gasteiger partial charge on any atom is -0.227 e. The van der Waals surface area contributed by atoms with E-state index in [-0.39, 0.29) is 12.1 Å². The molecule has 0 unspecified atom stereocenters. The van der Waals surface area contributed by atoms with Gasteiger partial charge in [0.25, 0.3) is 3.03 Å². The normalized spacial score (nSPS) is 15.5. The summed E-state index contributed by atoms with van der Waals surface area (Å²) in [5, 5.41) is 0. The molecule has 0 amide bonds. The maximum absolute atomic E-state index is 12.2. The molecule has 0 aromatic heterocycles. The highest BCUT2D eigenvalue weighted by atomic mass is 32.3. The zero-order chi connectivity index (χ0) is 15.9. The zero-order valence-electron chi connectivity index (χ0n) is 12.1. The largest absolute Gasteiger partial charge is 0.256 e. The second-order valence-corrected chi connectivity index (χ2v) is 18.8. The molecule has 6 nitrogen and oxygen atoms in total. The van der Waals surface area contributed by atoms with Crippen molar-refractivity contribution in [2.24, 2.45) is 0 Å². The van der Waals surface area contributed by atoms with Crippen LogP contribution in [0.5, 0.6) is 0 Å². The third kappa shape index (κ3) is 2.64. The molecule has 10 heteroatoms. The van der Waals surface area contributed by atoms with Crippen molar-refractivity contribution in [1.29, 1.82) is 0 Å². The average molecular weight is 351 g/mol. The highest BCUT2D eigenvalue weighted by molar-refractivity contribution is 8.28.